The maximum Gasteiger partial charge on any atom is 0.0948 e. The molecule has 0 saturated carbocycles. The number of halogens is 2. The van der Waals surface area contributed by atoms with Crippen LogP contribution in [-0.4, -0.2) is 5.11 Å². The fraction of sp³-hybridized carbons (Fsp3) is 0.250. The minimum Gasteiger partial charge on any atom is -0.385 e. The van der Waals surface area contributed by atoms with Crippen LogP contribution in [0, 0.1) is 0 Å². The van der Waals surface area contributed by atoms with E-state index in [0.29, 0.717) is 28.5 Å². The minimum atomic E-state index is -0.997. The summed E-state index contributed by atoms with van der Waals surface area (Å²) in [5.74, 6) is 0. The molecule has 0 amide bonds. The molecule has 1 nitrogen and oxygen atoms in total. The zero-order valence-electron chi connectivity index (χ0n) is 10.7. The molecule has 3 heteroatoms. The van der Waals surface area contributed by atoms with Crippen molar-refractivity contribution in [2.75, 3.05) is 0 Å². The summed E-state index contributed by atoms with van der Waals surface area (Å²) in [6, 6.07) is 15.3. The number of rotatable bonds is 4. The molecule has 0 aromatic heterocycles. The van der Waals surface area contributed by atoms with Gasteiger partial charge in [0.15, 0.2) is 0 Å². The summed E-state index contributed by atoms with van der Waals surface area (Å²) in [6.07, 6.45) is 1.09. The second kappa shape index (κ2) is 5.96. The average Bonchev–Trinajstić information content (AvgIpc) is 2.43. The van der Waals surface area contributed by atoms with Gasteiger partial charge in [-0.25, -0.2) is 0 Å². The molecule has 1 unspecified atom stereocenters. The lowest BCUT2D eigenvalue weighted by Crippen LogP contribution is -2.28. The van der Waals surface area contributed by atoms with Crippen LogP contribution in [0.25, 0.3) is 0 Å². The van der Waals surface area contributed by atoms with Gasteiger partial charge in [0.1, 0.15) is 0 Å². The smallest absolute Gasteiger partial charge is 0.0948 e. The van der Waals surface area contributed by atoms with Gasteiger partial charge in [-0.15, -0.1) is 0 Å². The molecule has 0 fully saturated rings. The number of benzene rings is 2. The van der Waals surface area contributed by atoms with Crippen LogP contribution >= 0.6 is 23.2 Å². The Hall–Kier alpha value is -1.02. The first-order valence-corrected chi connectivity index (χ1v) is 7.03. The highest BCUT2D eigenvalue weighted by Gasteiger charge is 2.30. The summed E-state index contributed by atoms with van der Waals surface area (Å²) in [5, 5.41) is 11.8. The molecule has 0 radical (unpaired) electrons. The Labute approximate surface area is 123 Å². The average molecular weight is 295 g/mol. The Balaban J connectivity index is 2.40. The highest BCUT2D eigenvalue weighted by Crippen LogP contribution is 2.37. The van der Waals surface area contributed by atoms with Gasteiger partial charge < -0.3 is 5.11 Å². The maximum atomic E-state index is 10.9. The molecule has 0 spiro atoms. The van der Waals surface area contributed by atoms with E-state index in [9.17, 15) is 5.11 Å². The maximum absolute atomic E-state index is 10.9. The third kappa shape index (κ3) is 3.11. The quantitative estimate of drug-likeness (QED) is 0.856. The van der Waals surface area contributed by atoms with Gasteiger partial charge in [0.25, 0.3) is 0 Å². The first-order valence-electron chi connectivity index (χ1n) is 6.27. The van der Waals surface area contributed by atoms with Crippen LogP contribution in [0.4, 0.5) is 0 Å². The lowest BCUT2D eigenvalue weighted by atomic mass is 9.85. The van der Waals surface area contributed by atoms with Crippen molar-refractivity contribution in [2.24, 2.45) is 0 Å². The second-order valence-corrected chi connectivity index (χ2v) is 5.43. The Morgan fingerprint density at radius 2 is 1.68 bits per heavy atom. The molecular weight excluding hydrogens is 279 g/mol. The first kappa shape index (κ1) is 14.4. The van der Waals surface area contributed by atoms with Gasteiger partial charge in [0.2, 0.25) is 0 Å². The molecule has 2 aromatic rings. The van der Waals surface area contributed by atoms with Gasteiger partial charge in [0, 0.05) is 12.0 Å². The van der Waals surface area contributed by atoms with Crippen LogP contribution in [0.5, 0.6) is 0 Å². The molecule has 100 valence electrons. The summed E-state index contributed by atoms with van der Waals surface area (Å²) < 4.78 is 0. The Kier molecular flexibility index (Phi) is 4.51. The number of hydrogen-bond donors (Lipinski definition) is 1. The lowest BCUT2D eigenvalue weighted by molar-refractivity contribution is 0.0328. The molecule has 0 aliphatic heterocycles. The van der Waals surface area contributed by atoms with Crippen LogP contribution in [0.2, 0.25) is 10.0 Å². The highest BCUT2D eigenvalue weighted by molar-refractivity contribution is 6.42. The molecule has 0 bridgehead atoms. The summed E-state index contributed by atoms with van der Waals surface area (Å²) >= 11 is 12.3. The van der Waals surface area contributed by atoms with Gasteiger partial charge in [-0.3, -0.25) is 0 Å². The minimum absolute atomic E-state index is 0.435. The third-order valence-electron chi connectivity index (χ3n) is 3.38. The van der Waals surface area contributed by atoms with E-state index in [0.717, 1.165) is 5.56 Å². The van der Waals surface area contributed by atoms with E-state index in [4.69, 9.17) is 23.2 Å². The molecule has 0 aliphatic rings. The molecule has 0 aliphatic carbocycles. The van der Waals surface area contributed by atoms with E-state index in [1.54, 1.807) is 6.07 Å². The van der Waals surface area contributed by atoms with E-state index < -0.39 is 5.60 Å². The molecule has 2 rings (SSSR count). The van der Waals surface area contributed by atoms with E-state index >= 15 is 0 Å². The predicted octanol–water partition coefficient (Wildman–Crippen LogP) is 4.83. The Morgan fingerprint density at radius 1 is 1.00 bits per heavy atom. The van der Waals surface area contributed by atoms with Crippen molar-refractivity contribution in [3.8, 4) is 0 Å². The summed E-state index contributed by atoms with van der Waals surface area (Å²) in [4.78, 5) is 0. The van der Waals surface area contributed by atoms with Crippen molar-refractivity contribution in [1.82, 2.24) is 0 Å². The Morgan fingerprint density at radius 3 is 2.32 bits per heavy atom. The van der Waals surface area contributed by atoms with Gasteiger partial charge in [-0.05, 0) is 18.1 Å². The lowest BCUT2D eigenvalue weighted by Gasteiger charge is -2.29. The topological polar surface area (TPSA) is 20.2 Å². The van der Waals surface area contributed by atoms with Gasteiger partial charge >= 0.3 is 0 Å². The van der Waals surface area contributed by atoms with Crippen LogP contribution in [0.15, 0.2) is 48.5 Å². The van der Waals surface area contributed by atoms with Crippen LogP contribution < -0.4 is 0 Å². The fourth-order valence-corrected chi connectivity index (χ4v) is 2.68. The van der Waals surface area contributed by atoms with E-state index in [1.165, 1.54) is 0 Å². The monoisotopic (exact) mass is 294 g/mol. The normalized spacial score (nSPS) is 14.1. The molecule has 1 N–H and O–H groups in total. The van der Waals surface area contributed by atoms with Crippen LogP contribution in [-0.2, 0) is 12.0 Å². The van der Waals surface area contributed by atoms with Crippen LogP contribution in [0.1, 0.15) is 24.5 Å². The van der Waals surface area contributed by atoms with Crippen LogP contribution in [0.3, 0.4) is 0 Å². The summed E-state index contributed by atoms with van der Waals surface area (Å²) in [7, 11) is 0. The highest BCUT2D eigenvalue weighted by atomic mass is 35.5. The summed E-state index contributed by atoms with van der Waals surface area (Å²) in [6.45, 7) is 1.94. The third-order valence-corrected chi connectivity index (χ3v) is 4.20. The molecule has 0 saturated heterocycles. The predicted molar refractivity (Wildman–Crippen MR) is 80.8 cm³/mol. The fourth-order valence-electron chi connectivity index (χ4n) is 2.21. The first-order chi connectivity index (χ1) is 9.07. The second-order valence-electron chi connectivity index (χ2n) is 4.65. The zero-order chi connectivity index (χ0) is 13.9. The van der Waals surface area contributed by atoms with E-state index in [2.05, 4.69) is 0 Å². The standard InChI is InChI=1S/C16H16Cl2O/c1-2-16(19,11-12-7-4-3-5-8-12)13-9-6-10-14(17)15(13)18/h3-10,19H,2,11H2,1H3. The summed E-state index contributed by atoms with van der Waals surface area (Å²) in [5.41, 5.74) is 0.763. The molecular formula is C16H16Cl2O. The van der Waals surface area contributed by atoms with Crippen molar-refractivity contribution in [1.29, 1.82) is 0 Å². The molecule has 1 atom stereocenters. The largest absolute Gasteiger partial charge is 0.385 e. The van der Waals surface area contributed by atoms with Gasteiger partial charge in [0.05, 0.1) is 15.6 Å². The van der Waals surface area contributed by atoms with Crippen molar-refractivity contribution in [3.63, 3.8) is 0 Å². The van der Waals surface area contributed by atoms with E-state index in [1.807, 2.05) is 49.4 Å². The van der Waals surface area contributed by atoms with Crippen molar-refractivity contribution < 1.29 is 5.11 Å². The molecule has 0 heterocycles. The van der Waals surface area contributed by atoms with Crippen molar-refractivity contribution in [3.05, 3.63) is 69.7 Å². The zero-order valence-corrected chi connectivity index (χ0v) is 12.2. The van der Waals surface area contributed by atoms with Gasteiger partial charge in [-0.2, -0.15) is 0 Å². The molecule has 19 heavy (non-hydrogen) atoms. The number of hydrogen-bond acceptors (Lipinski definition) is 1. The molecule has 2 aromatic carbocycles. The van der Waals surface area contributed by atoms with E-state index in [-0.39, 0.29) is 0 Å². The van der Waals surface area contributed by atoms with Gasteiger partial charge in [-0.1, -0.05) is 72.6 Å². The van der Waals surface area contributed by atoms with Crippen molar-refractivity contribution in [2.45, 2.75) is 25.4 Å². The SMILES string of the molecule is CCC(O)(Cc1ccccc1)c1cccc(Cl)c1Cl. The van der Waals surface area contributed by atoms with Crippen molar-refractivity contribution >= 4 is 23.2 Å². The Bertz CT molecular complexity index is 554. The number of aliphatic hydroxyl groups is 1.